The van der Waals surface area contributed by atoms with Crippen molar-refractivity contribution in [2.75, 3.05) is 20.3 Å². The number of para-hydroxylation sites is 1. The van der Waals surface area contributed by atoms with E-state index in [0.717, 1.165) is 11.3 Å². The van der Waals surface area contributed by atoms with Gasteiger partial charge in [0.05, 0.1) is 31.4 Å². The minimum Gasteiger partial charge on any atom is -0.493 e. The molecule has 2 aromatic rings. The molecule has 0 aromatic heterocycles. The van der Waals surface area contributed by atoms with Crippen molar-refractivity contribution in [1.82, 2.24) is 5.32 Å². The average Bonchev–Trinajstić information content (AvgIpc) is 2.66. The molecule has 0 unspecified atom stereocenters. The van der Waals surface area contributed by atoms with Gasteiger partial charge in [-0.2, -0.15) is 0 Å². The first-order chi connectivity index (χ1) is 13.0. The van der Waals surface area contributed by atoms with Crippen molar-refractivity contribution >= 4 is 17.5 Å². The Hall–Kier alpha value is -2.40. The molecule has 6 heteroatoms. The van der Waals surface area contributed by atoms with Gasteiger partial charge >= 0.3 is 0 Å². The van der Waals surface area contributed by atoms with Gasteiger partial charge in [-0.25, -0.2) is 0 Å². The summed E-state index contributed by atoms with van der Waals surface area (Å²) in [5.74, 6) is 1.85. The Bertz CT molecular complexity index is 822. The summed E-state index contributed by atoms with van der Waals surface area (Å²) >= 11 is 6.36. The summed E-state index contributed by atoms with van der Waals surface area (Å²) in [5, 5.41) is 3.42. The summed E-state index contributed by atoms with van der Waals surface area (Å²) in [4.78, 5) is 12.8. The highest BCUT2D eigenvalue weighted by Gasteiger charge is 2.24. The third-order valence-electron chi connectivity index (χ3n) is 4.32. The molecular formula is C21H24ClNO4. The lowest BCUT2D eigenvalue weighted by Crippen LogP contribution is -2.32. The van der Waals surface area contributed by atoms with E-state index in [1.807, 2.05) is 38.1 Å². The van der Waals surface area contributed by atoms with Gasteiger partial charge in [-0.05, 0) is 24.1 Å². The number of ether oxygens (including phenoxy) is 3. The van der Waals surface area contributed by atoms with Crippen LogP contribution in [0, 0.1) is 5.92 Å². The first-order valence-corrected chi connectivity index (χ1v) is 9.40. The van der Waals surface area contributed by atoms with E-state index in [-0.39, 0.29) is 11.9 Å². The number of hydrogen-bond acceptors (Lipinski definition) is 4. The van der Waals surface area contributed by atoms with Gasteiger partial charge < -0.3 is 19.5 Å². The zero-order valence-electron chi connectivity index (χ0n) is 15.8. The van der Waals surface area contributed by atoms with Crippen molar-refractivity contribution in [3.8, 4) is 17.2 Å². The molecular weight excluding hydrogens is 366 g/mol. The molecule has 1 aliphatic rings. The normalized spacial score (nSPS) is 15.7. The van der Waals surface area contributed by atoms with E-state index in [1.54, 1.807) is 12.1 Å². The molecule has 5 nitrogen and oxygen atoms in total. The van der Waals surface area contributed by atoms with E-state index >= 15 is 0 Å². The van der Waals surface area contributed by atoms with E-state index < -0.39 is 0 Å². The molecule has 1 aliphatic heterocycles. The number of amides is 1. The van der Waals surface area contributed by atoms with Crippen molar-refractivity contribution in [3.63, 3.8) is 0 Å². The van der Waals surface area contributed by atoms with E-state index in [9.17, 15) is 4.79 Å². The fourth-order valence-corrected chi connectivity index (χ4v) is 3.24. The van der Waals surface area contributed by atoms with E-state index in [0.29, 0.717) is 47.6 Å². The fourth-order valence-electron chi connectivity index (χ4n) is 2.97. The molecule has 0 fully saturated rings. The Morgan fingerprint density at radius 3 is 2.85 bits per heavy atom. The number of hydrogen-bond donors (Lipinski definition) is 1. The zero-order valence-corrected chi connectivity index (χ0v) is 16.5. The van der Waals surface area contributed by atoms with Crippen molar-refractivity contribution < 1.29 is 19.0 Å². The van der Waals surface area contributed by atoms with Gasteiger partial charge in [0.1, 0.15) is 5.75 Å². The summed E-state index contributed by atoms with van der Waals surface area (Å²) in [6, 6.07) is 10.9. The van der Waals surface area contributed by atoms with Crippen LogP contribution in [0.15, 0.2) is 36.4 Å². The third-order valence-corrected chi connectivity index (χ3v) is 4.60. The van der Waals surface area contributed by atoms with Crippen LogP contribution in [0.1, 0.15) is 42.2 Å². The molecule has 0 aliphatic carbocycles. The number of carbonyl (C=O) groups excluding carboxylic acids is 1. The van der Waals surface area contributed by atoms with Crippen LogP contribution in [0.25, 0.3) is 0 Å². The van der Waals surface area contributed by atoms with E-state index in [4.69, 9.17) is 25.8 Å². The van der Waals surface area contributed by atoms with Crippen molar-refractivity contribution in [2.45, 2.75) is 26.3 Å². The molecule has 1 amide bonds. The van der Waals surface area contributed by atoms with E-state index in [1.165, 1.54) is 7.11 Å². The zero-order chi connectivity index (χ0) is 19.4. The van der Waals surface area contributed by atoms with Crippen LogP contribution in [-0.2, 0) is 0 Å². The molecule has 1 atom stereocenters. The Labute approximate surface area is 164 Å². The lowest BCUT2D eigenvalue weighted by Gasteiger charge is -2.26. The van der Waals surface area contributed by atoms with Gasteiger partial charge in [-0.3, -0.25) is 4.79 Å². The summed E-state index contributed by atoms with van der Waals surface area (Å²) in [7, 11) is 1.53. The number of benzene rings is 2. The number of halogens is 1. The molecule has 27 heavy (non-hydrogen) atoms. The lowest BCUT2D eigenvalue weighted by atomic mass is 10.00. The standard InChI is InChI=1S/C21H24ClNO4/c1-13(2)12-27-20-16(22)10-14(11-19(20)25-3)21(24)23-17-8-9-26-18-7-5-4-6-15(17)18/h4-7,10-11,13,17H,8-9,12H2,1-3H3,(H,23,24)/t17-/m0/s1. The minimum absolute atomic E-state index is 0.107. The highest BCUT2D eigenvalue weighted by atomic mass is 35.5. The van der Waals surface area contributed by atoms with Gasteiger partial charge in [-0.15, -0.1) is 0 Å². The monoisotopic (exact) mass is 389 g/mol. The van der Waals surface area contributed by atoms with Gasteiger partial charge in [0, 0.05) is 17.5 Å². The van der Waals surface area contributed by atoms with Crippen LogP contribution in [0.2, 0.25) is 5.02 Å². The molecule has 1 heterocycles. The fraction of sp³-hybridized carbons (Fsp3) is 0.381. The van der Waals surface area contributed by atoms with E-state index in [2.05, 4.69) is 5.32 Å². The second-order valence-electron chi connectivity index (χ2n) is 6.90. The van der Waals surface area contributed by atoms with Crippen molar-refractivity contribution in [1.29, 1.82) is 0 Å². The maximum Gasteiger partial charge on any atom is 0.251 e. The smallest absolute Gasteiger partial charge is 0.251 e. The van der Waals surface area contributed by atoms with Crippen LogP contribution >= 0.6 is 11.6 Å². The molecule has 144 valence electrons. The number of rotatable bonds is 6. The second-order valence-corrected chi connectivity index (χ2v) is 7.30. The predicted molar refractivity (Wildman–Crippen MR) is 105 cm³/mol. The molecule has 0 radical (unpaired) electrons. The summed E-state index contributed by atoms with van der Waals surface area (Å²) in [6.45, 7) is 5.18. The number of carbonyl (C=O) groups is 1. The summed E-state index contributed by atoms with van der Waals surface area (Å²) < 4.78 is 16.8. The maximum atomic E-state index is 12.8. The van der Waals surface area contributed by atoms with Crippen molar-refractivity contribution in [2.24, 2.45) is 5.92 Å². The first-order valence-electron chi connectivity index (χ1n) is 9.02. The highest BCUT2D eigenvalue weighted by molar-refractivity contribution is 6.32. The van der Waals surface area contributed by atoms with Gasteiger partial charge in [0.25, 0.3) is 5.91 Å². The Kier molecular flexibility index (Phi) is 6.11. The maximum absolute atomic E-state index is 12.8. The molecule has 0 bridgehead atoms. The third kappa shape index (κ3) is 4.48. The van der Waals surface area contributed by atoms with Crippen LogP contribution < -0.4 is 19.5 Å². The Balaban J connectivity index is 1.80. The van der Waals surface area contributed by atoms with Crippen LogP contribution in [-0.4, -0.2) is 26.2 Å². The topological polar surface area (TPSA) is 56.8 Å². The van der Waals surface area contributed by atoms with Crippen LogP contribution in [0.4, 0.5) is 0 Å². The SMILES string of the molecule is COc1cc(C(=O)N[C@H]2CCOc3ccccc32)cc(Cl)c1OCC(C)C. The molecule has 2 aromatic carbocycles. The minimum atomic E-state index is -0.215. The van der Waals surface area contributed by atoms with Crippen LogP contribution in [0.5, 0.6) is 17.2 Å². The first kappa shape index (κ1) is 19.4. The quantitative estimate of drug-likeness (QED) is 0.782. The highest BCUT2D eigenvalue weighted by Crippen LogP contribution is 2.37. The lowest BCUT2D eigenvalue weighted by molar-refractivity contribution is 0.0924. The largest absolute Gasteiger partial charge is 0.493 e. The predicted octanol–water partition coefficient (Wildman–Crippen LogP) is 4.64. The molecule has 0 saturated heterocycles. The van der Waals surface area contributed by atoms with Crippen LogP contribution in [0.3, 0.4) is 0 Å². The number of nitrogens with one attached hydrogen (secondary N) is 1. The average molecular weight is 390 g/mol. The number of methoxy groups -OCH3 is 1. The van der Waals surface area contributed by atoms with Gasteiger partial charge in [0.2, 0.25) is 0 Å². The summed E-state index contributed by atoms with van der Waals surface area (Å²) in [5.41, 5.74) is 1.41. The summed E-state index contributed by atoms with van der Waals surface area (Å²) in [6.07, 6.45) is 0.712. The molecule has 0 spiro atoms. The number of fused-ring (bicyclic) bond motifs is 1. The van der Waals surface area contributed by atoms with Crippen molar-refractivity contribution in [3.05, 3.63) is 52.5 Å². The second kappa shape index (κ2) is 8.53. The molecule has 0 saturated carbocycles. The Morgan fingerprint density at radius 2 is 2.11 bits per heavy atom. The molecule has 3 rings (SSSR count). The van der Waals surface area contributed by atoms with Gasteiger partial charge in [-0.1, -0.05) is 43.6 Å². The Morgan fingerprint density at radius 1 is 1.33 bits per heavy atom. The van der Waals surface area contributed by atoms with Gasteiger partial charge in [0.15, 0.2) is 11.5 Å². The molecule has 1 N–H and O–H groups in total.